The Labute approximate surface area is 134 Å². The lowest BCUT2D eigenvalue weighted by Gasteiger charge is -2.21. The molecule has 0 saturated heterocycles. The highest BCUT2D eigenvalue weighted by Gasteiger charge is 2.40. The van der Waals surface area contributed by atoms with E-state index in [2.05, 4.69) is 15.9 Å². The molecule has 114 valence electrons. The van der Waals surface area contributed by atoms with Gasteiger partial charge in [-0.15, -0.1) is 0 Å². The van der Waals surface area contributed by atoms with Crippen LogP contribution < -0.4 is 9.47 Å². The molecule has 2 aliphatic rings. The Morgan fingerprint density at radius 2 is 1.95 bits per heavy atom. The number of hydrogen-bond donors (Lipinski definition) is 0. The number of methoxy groups -OCH3 is 2. The summed E-state index contributed by atoms with van der Waals surface area (Å²) in [7, 11) is 3.21. The van der Waals surface area contributed by atoms with Crippen LogP contribution in [0.15, 0.2) is 16.6 Å². The zero-order chi connectivity index (χ0) is 15.0. The molecule has 0 aliphatic heterocycles. The highest BCUT2D eigenvalue weighted by Crippen LogP contribution is 2.50. The van der Waals surface area contributed by atoms with Crippen LogP contribution in [0.25, 0.3) is 0 Å². The molecule has 3 nitrogen and oxygen atoms in total. The van der Waals surface area contributed by atoms with Gasteiger partial charge in [0, 0.05) is 6.42 Å². The van der Waals surface area contributed by atoms with Crippen molar-refractivity contribution in [2.24, 2.45) is 17.8 Å². The second kappa shape index (κ2) is 5.99. The van der Waals surface area contributed by atoms with E-state index in [1.807, 2.05) is 6.07 Å². The van der Waals surface area contributed by atoms with E-state index in [1.54, 1.807) is 20.3 Å². The van der Waals surface area contributed by atoms with Gasteiger partial charge in [-0.05, 0) is 65.1 Å². The molecule has 0 N–H and O–H groups in total. The van der Waals surface area contributed by atoms with Crippen molar-refractivity contribution in [3.63, 3.8) is 0 Å². The van der Waals surface area contributed by atoms with Crippen LogP contribution in [0.4, 0.5) is 0 Å². The van der Waals surface area contributed by atoms with Gasteiger partial charge in [0.1, 0.15) is 11.5 Å². The van der Waals surface area contributed by atoms with E-state index >= 15 is 0 Å². The van der Waals surface area contributed by atoms with Crippen molar-refractivity contribution < 1.29 is 14.3 Å². The third-order valence-electron chi connectivity index (χ3n) is 5.11. The van der Waals surface area contributed by atoms with Crippen LogP contribution in [0.3, 0.4) is 0 Å². The van der Waals surface area contributed by atoms with Crippen molar-refractivity contribution >= 4 is 21.7 Å². The van der Waals surface area contributed by atoms with Crippen LogP contribution in [-0.2, 0) is 0 Å². The van der Waals surface area contributed by atoms with E-state index in [1.165, 1.54) is 25.7 Å². The summed E-state index contributed by atoms with van der Waals surface area (Å²) in [6.07, 6.45) is 5.88. The van der Waals surface area contributed by atoms with E-state index < -0.39 is 0 Å². The first kappa shape index (κ1) is 14.9. The maximum atomic E-state index is 12.7. The molecule has 3 rings (SSSR count). The maximum absolute atomic E-state index is 12.7. The summed E-state index contributed by atoms with van der Waals surface area (Å²) in [6, 6.07) is 3.60. The van der Waals surface area contributed by atoms with E-state index in [-0.39, 0.29) is 5.78 Å². The Morgan fingerprint density at radius 1 is 1.19 bits per heavy atom. The normalized spacial score (nSPS) is 26.9. The SMILES string of the molecule is COc1cc(C(=O)CC2CC3CCC2C3)c(OC)cc1Br. The van der Waals surface area contributed by atoms with Crippen molar-refractivity contribution in [3.05, 3.63) is 22.2 Å². The number of carbonyl (C=O) groups excluding carboxylic acids is 1. The van der Waals surface area contributed by atoms with Crippen molar-refractivity contribution in [2.75, 3.05) is 14.2 Å². The molecule has 0 amide bonds. The minimum absolute atomic E-state index is 0.176. The number of ether oxygens (including phenoxy) is 2. The Balaban J connectivity index is 1.80. The van der Waals surface area contributed by atoms with Gasteiger partial charge in [0.25, 0.3) is 0 Å². The molecule has 3 unspecified atom stereocenters. The summed E-state index contributed by atoms with van der Waals surface area (Å²) >= 11 is 3.43. The van der Waals surface area contributed by atoms with Crippen LogP contribution in [0.2, 0.25) is 0 Å². The van der Waals surface area contributed by atoms with Crippen LogP contribution in [0, 0.1) is 17.8 Å². The van der Waals surface area contributed by atoms with E-state index in [0.29, 0.717) is 29.4 Å². The summed E-state index contributed by atoms with van der Waals surface area (Å²) in [5, 5.41) is 0. The van der Waals surface area contributed by atoms with E-state index in [4.69, 9.17) is 9.47 Å². The number of Topliss-reactive ketones (excluding diaryl/α,β-unsaturated/α-hetero) is 1. The predicted octanol–water partition coefficient (Wildman–Crippen LogP) is 4.48. The Kier molecular flexibility index (Phi) is 4.25. The molecular weight excluding hydrogens is 332 g/mol. The largest absolute Gasteiger partial charge is 0.496 e. The fraction of sp³-hybridized carbons (Fsp3) is 0.588. The fourth-order valence-electron chi connectivity index (χ4n) is 4.05. The van der Waals surface area contributed by atoms with Gasteiger partial charge in [0.2, 0.25) is 0 Å². The average Bonchev–Trinajstić information content (AvgIpc) is 3.09. The maximum Gasteiger partial charge on any atom is 0.167 e. The quantitative estimate of drug-likeness (QED) is 0.733. The second-order valence-electron chi connectivity index (χ2n) is 6.25. The highest BCUT2D eigenvalue weighted by molar-refractivity contribution is 9.10. The summed E-state index contributed by atoms with van der Waals surface area (Å²) in [6.45, 7) is 0. The molecule has 1 aromatic carbocycles. The van der Waals surface area contributed by atoms with Gasteiger partial charge in [-0.1, -0.05) is 6.42 Å². The zero-order valence-corrected chi connectivity index (χ0v) is 14.1. The zero-order valence-electron chi connectivity index (χ0n) is 12.5. The third-order valence-corrected chi connectivity index (χ3v) is 5.73. The molecule has 2 bridgehead atoms. The average molecular weight is 353 g/mol. The molecule has 2 aliphatic carbocycles. The lowest BCUT2D eigenvalue weighted by atomic mass is 9.84. The standard InChI is InChI=1S/C17H21BrO3/c1-20-16-9-14(18)17(21-2)8-13(16)15(19)7-12-6-10-3-4-11(12)5-10/h8-12H,3-7H2,1-2H3. The second-order valence-corrected chi connectivity index (χ2v) is 7.10. The monoisotopic (exact) mass is 352 g/mol. The molecule has 2 saturated carbocycles. The summed E-state index contributed by atoms with van der Waals surface area (Å²) in [5.41, 5.74) is 0.639. The summed E-state index contributed by atoms with van der Waals surface area (Å²) in [5.74, 6) is 3.67. The summed E-state index contributed by atoms with van der Waals surface area (Å²) in [4.78, 5) is 12.7. The number of rotatable bonds is 5. The number of carbonyl (C=O) groups is 1. The first-order chi connectivity index (χ1) is 10.1. The molecule has 0 heterocycles. The van der Waals surface area contributed by atoms with Crippen molar-refractivity contribution in [1.29, 1.82) is 0 Å². The highest BCUT2D eigenvalue weighted by atomic mass is 79.9. The Bertz CT molecular complexity index is 555. The van der Waals surface area contributed by atoms with Gasteiger partial charge < -0.3 is 9.47 Å². The number of benzene rings is 1. The van der Waals surface area contributed by atoms with Gasteiger partial charge in [-0.25, -0.2) is 0 Å². The third kappa shape index (κ3) is 2.83. The van der Waals surface area contributed by atoms with Crippen LogP contribution in [0.1, 0.15) is 42.5 Å². The predicted molar refractivity (Wildman–Crippen MR) is 85.1 cm³/mol. The molecule has 2 fully saturated rings. The first-order valence-electron chi connectivity index (χ1n) is 7.57. The lowest BCUT2D eigenvalue weighted by Crippen LogP contribution is -2.16. The van der Waals surface area contributed by atoms with Crippen LogP contribution >= 0.6 is 15.9 Å². The topological polar surface area (TPSA) is 35.5 Å². The lowest BCUT2D eigenvalue weighted by molar-refractivity contribution is 0.0941. The van der Waals surface area contributed by atoms with Gasteiger partial charge in [-0.2, -0.15) is 0 Å². The van der Waals surface area contributed by atoms with Crippen molar-refractivity contribution in [3.8, 4) is 11.5 Å². The molecule has 1 aromatic rings. The molecule has 3 atom stereocenters. The van der Waals surface area contributed by atoms with E-state index in [0.717, 1.165) is 16.3 Å². The number of ketones is 1. The van der Waals surface area contributed by atoms with Gasteiger partial charge >= 0.3 is 0 Å². The minimum atomic E-state index is 0.176. The molecule has 0 radical (unpaired) electrons. The number of hydrogen-bond acceptors (Lipinski definition) is 3. The van der Waals surface area contributed by atoms with Crippen LogP contribution in [0.5, 0.6) is 11.5 Å². The van der Waals surface area contributed by atoms with E-state index in [9.17, 15) is 4.79 Å². The summed E-state index contributed by atoms with van der Waals surface area (Å²) < 4.78 is 11.5. The minimum Gasteiger partial charge on any atom is -0.496 e. The molecule has 21 heavy (non-hydrogen) atoms. The van der Waals surface area contributed by atoms with Gasteiger partial charge in [0.05, 0.1) is 24.3 Å². The Morgan fingerprint density at radius 3 is 2.52 bits per heavy atom. The smallest absolute Gasteiger partial charge is 0.167 e. The van der Waals surface area contributed by atoms with Gasteiger partial charge in [-0.3, -0.25) is 4.79 Å². The van der Waals surface area contributed by atoms with Gasteiger partial charge in [0.15, 0.2) is 5.78 Å². The molecule has 0 aromatic heterocycles. The van der Waals surface area contributed by atoms with Crippen molar-refractivity contribution in [2.45, 2.75) is 32.1 Å². The fourth-order valence-corrected chi connectivity index (χ4v) is 4.54. The molecule has 0 spiro atoms. The first-order valence-corrected chi connectivity index (χ1v) is 8.36. The molecule has 4 heteroatoms. The molecular formula is C17H21BrO3. The number of fused-ring (bicyclic) bond motifs is 2. The van der Waals surface area contributed by atoms with Crippen LogP contribution in [-0.4, -0.2) is 20.0 Å². The number of halogens is 1. The van der Waals surface area contributed by atoms with Crippen molar-refractivity contribution in [1.82, 2.24) is 0 Å². The Hall–Kier alpha value is -1.03.